The Balaban J connectivity index is 3.09. The van der Waals surface area contributed by atoms with Crippen LogP contribution in [0, 0.1) is 13.8 Å². The molecule has 1 nitrogen and oxygen atoms in total. The van der Waals surface area contributed by atoms with Gasteiger partial charge in [-0.1, -0.05) is 33.6 Å². The molecule has 0 saturated carbocycles. The lowest BCUT2D eigenvalue weighted by Gasteiger charge is -2.20. The summed E-state index contributed by atoms with van der Waals surface area (Å²) in [5.74, 6) is 0. The van der Waals surface area contributed by atoms with E-state index in [9.17, 15) is 0 Å². The van der Waals surface area contributed by atoms with E-state index in [0.29, 0.717) is 0 Å². The van der Waals surface area contributed by atoms with E-state index in [2.05, 4.69) is 55.8 Å². The Morgan fingerprint density at radius 2 is 1.86 bits per heavy atom. The van der Waals surface area contributed by atoms with Crippen LogP contribution in [0.5, 0.6) is 0 Å². The number of hydrogen-bond acceptors (Lipinski definition) is 1. The summed E-state index contributed by atoms with van der Waals surface area (Å²) in [6.45, 7) is 8.34. The first-order valence-electron chi connectivity index (χ1n) is 4.84. The van der Waals surface area contributed by atoms with Crippen LogP contribution in [0.15, 0.2) is 16.6 Å². The Labute approximate surface area is 94.8 Å². The first kappa shape index (κ1) is 11.7. The van der Waals surface area contributed by atoms with E-state index in [1.165, 1.54) is 21.2 Å². The highest BCUT2D eigenvalue weighted by Crippen LogP contribution is 2.25. The molecular formula is C12H18BrN. The molecule has 1 aromatic rings. The third-order valence-electron chi connectivity index (χ3n) is 2.12. The minimum absolute atomic E-state index is 0.150. The van der Waals surface area contributed by atoms with Crippen LogP contribution in [0.4, 0.5) is 0 Å². The fourth-order valence-corrected chi connectivity index (χ4v) is 2.03. The minimum atomic E-state index is -0.150. The molecule has 2 N–H and O–H groups in total. The largest absolute Gasteiger partial charge is 0.325 e. The Morgan fingerprint density at radius 1 is 1.29 bits per heavy atom. The summed E-state index contributed by atoms with van der Waals surface area (Å²) in [7, 11) is 0. The van der Waals surface area contributed by atoms with Gasteiger partial charge in [0, 0.05) is 10.0 Å². The zero-order valence-corrected chi connectivity index (χ0v) is 10.9. The van der Waals surface area contributed by atoms with E-state index in [4.69, 9.17) is 5.73 Å². The summed E-state index contributed by atoms with van der Waals surface area (Å²) in [5, 5.41) is 0. The van der Waals surface area contributed by atoms with Crippen molar-refractivity contribution >= 4 is 15.9 Å². The van der Waals surface area contributed by atoms with Gasteiger partial charge < -0.3 is 5.73 Å². The van der Waals surface area contributed by atoms with Gasteiger partial charge in [0.2, 0.25) is 0 Å². The summed E-state index contributed by atoms with van der Waals surface area (Å²) in [6, 6.07) is 4.38. The molecule has 0 spiro atoms. The first-order chi connectivity index (χ1) is 6.29. The van der Waals surface area contributed by atoms with Gasteiger partial charge in [0.05, 0.1) is 0 Å². The molecule has 14 heavy (non-hydrogen) atoms. The van der Waals surface area contributed by atoms with Crippen molar-refractivity contribution in [3.8, 4) is 0 Å². The van der Waals surface area contributed by atoms with E-state index >= 15 is 0 Å². The second-order valence-electron chi connectivity index (χ2n) is 4.72. The molecule has 1 aromatic carbocycles. The average Bonchev–Trinajstić information content (AvgIpc) is 1.96. The van der Waals surface area contributed by atoms with Gasteiger partial charge in [0.15, 0.2) is 0 Å². The topological polar surface area (TPSA) is 26.0 Å². The van der Waals surface area contributed by atoms with Gasteiger partial charge in [-0.25, -0.2) is 0 Å². The van der Waals surface area contributed by atoms with Crippen LogP contribution in [-0.2, 0) is 6.42 Å². The van der Waals surface area contributed by atoms with Crippen molar-refractivity contribution < 1.29 is 0 Å². The zero-order valence-electron chi connectivity index (χ0n) is 9.32. The van der Waals surface area contributed by atoms with Crippen molar-refractivity contribution in [3.05, 3.63) is 33.3 Å². The molecule has 2 heteroatoms. The van der Waals surface area contributed by atoms with Crippen LogP contribution in [0.1, 0.15) is 30.5 Å². The Bertz CT molecular complexity index is 337. The molecule has 0 atom stereocenters. The summed E-state index contributed by atoms with van der Waals surface area (Å²) in [6.07, 6.45) is 0.899. The summed E-state index contributed by atoms with van der Waals surface area (Å²) in [4.78, 5) is 0. The molecule has 0 aliphatic rings. The maximum absolute atomic E-state index is 6.02. The normalized spacial score (nSPS) is 11.9. The fourth-order valence-electron chi connectivity index (χ4n) is 1.66. The molecule has 0 aromatic heterocycles. The predicted octanol–water partition coefficient (Wildman–Crippen LogP) is 3.35. The molecule has 0 bridgehead atoms. The molecule has 1 rings (SSSR count). The minimum Gasteiger partial charge on any atom is -0.325 e. The van der Waals surface area contributed by atoms with Crippen molar-refractivity contribution in [1.82, 2.24) is 0 Å². The van der Waals surface area contributed by atoms with Crippen LogP contribution < -0.4 is 5.73 Å². The number of benzene rings is 1. The molecular weight excluding hydrogens is 238 g/mol. The van der Waals surface area contributed by atoms with Crippen LogP contribution in [0.3, 0.4) is 0 Å². The van der Waals surface area contributed by atoms with Crippen LogP contribution >= 0.6 is 15.9 Å². The molecule has 0 radical (unpaired) electrons. The van der Waals surface area contributed by atoms with Gasteiger partial charge in [0.25, 0.3) is 0 Å². The third kappa shape index (κ3) is 3.10. The number of aryl methyl sites for hydroxylation is 2. The lowest BCUT2D eigenvalue weighted by Crippen LogP contribution is -2.34. The first-order valence-corrected chi connectivity index (χ1v) is 5.63. The fraction of sp³-hybridized carbons (Fsp3) is 0.500. The zero-order chi connectivity index (χ0) is 10.9. The molecule has 0 saturated heterocycles. The Hall–Kier alpha value is -0.340. The highest BCUT2D eigenvalue weighted by molar-refractivity contribution is 9.10. The number of halogens is 1. The van der Waals surface area contributed by atoms with Gasteiger partial charge in [-0.05, 0) is 45.2 Å². The van der Waals surface area contributed by atoms with Crippen LogP contribution in [0.2, 0.25) is 0 Å². The van der Waals surface area contributed by atoms with E-state index in [1.807, 2.05) is 0 Å². The van der Waals surface area contributed by atoms with Crippen LogP contribution in [0.25, 0.3) is 0 Å². The van der Waals surface area contributed by atoms with Crippen molar-refractivity contribution in [2.75, 3.05) is 0 Å². The lowest BCUT2D eigenvalue weighted by atomic mass is 9.94. The molecule has 0 aliphatic carbocycles. The lowest BCUT2D eigenvalue weighted by molar-refractivity contribution is 0.515. The number of hydrogen-bond donors (Lipinski definition) is 1. The predicted molar refractivity (Wildman–Crippen MR) is 65.6 cm³/mol. The second kappa shape index (κ2) is 4.03. The standard InChI is InChI=1S/C12H18BrN/c1-8-5-9(2)11(13)10(6-8)7-12(3,4)14/h5-6H,7,14H2,1-4H3. The highest BCUT2D eigenvalue weighted by atomic mass is 79.9. The highest BCUT2D eigenvalue weighted by Gasteiger charge is 2.14. The second-order valence-corrected chi connectivity index (χ2v) is 5.51. The monoisotopic (exact) mass is 255 g/mol. The third-order valence-corrected chi connectivity index (χ3v) is 3.25. The van der Waals surface area contributed by atoms with Gasteiger partial charge in [-0.3, -0.25) is 0 Å². The van der Waals surface area contributed by atoms with E-state index in [0.717, 1.165) is 6.42 Å². The van der Waals surface area contributed by atoms with E-state index in [-0.39, 0.29) is 5.54 Å². The van der Waals surface area contributed by atoms with Crippen molar-refractivity contribution in [1.29, 1.82) is 0 Å². The van der Waals surface area contributed by atoms with Crippen molar-refractivity contribution in [3.63, 3.8) is 0 Å². The maximum Gasteiger partial charge on any atom is 0.0237 e. The van der Waals surface area contributed by atoms with Gasteiger partial charge in [-0.2, -0.15) is 0 Å². The maximum atomic E-state index is 6.02. The quantitative estimate of drug-likeness (QED) is 0.862. The molecule has 78 valence electrons. The molecule has 0 heterocycles. The Morgan fingerprint density at radius 3 is 2.36 bits per heavy atom. The molecule has 0 amide bonds. The van der Waals surface area contributed by atoms with Gasteiger partial charge in [0.1, 0.15) is 0 Å². The van der Waals surface area contributed by atoms with E-state index < -0.39 is 0 Å². The average molecular weight is 256 g/mol. The van der Waals surface area contributed by atoms with Crippen molar-refractivity contribution in [2.45, 2.75) is 39.7 Å². The number of nitrogens with two attached hydrogens (primary N) is 1. The van der Waals surface area contributed by atoms with Crippen LogP contribution in [-0.4, -0.2) is 5.54 Å². The summed E-state index contributed by atoms with van der Waals surface area (Å²) >= 11 is 3.61. The summed E-state index contributed by atoms with van der Waals surface area (Å²) < 4.78 is 1.20. The summed E-state index contributed by atoms with van der Waals surface area (Å²) in [5.41, 5.74) is 9.74. The number of rotatable bonds is 2. The molecule has 0 aliphatic heterocycles. The van der Waals surface area contributed by atoms with Gasteiger partial charge in [-0.15, -0.1) is 0 Å². The smallest absolute Gasteiger partial charge is 0.0237 e. The molecule has 0 unspecified atom stereocenters. The van der Waals surface area contributed by atoms with E-state index in [1.54, 1.807) is 0 Å². The molecule has 0 fully saturated rings. The Kier molecular flexibility index (Phi) is 3.38. The SMILES string of the molecule is Cc1cc(C)c(Br)c(CC(C)(C)N)c1. The van der Waals surface area contributed by atoms with Crippen molar-refractivity contribution in [2.24, 2.45) is 5.73 Å². The van der Waals surface area contributed by atoms with Gasteiger partial charge >= 0.3 is 0 Å².